The number of H-pyrrole nitrogens is 1. The molecule has 1 aliphatic carbocycles. The minimum atomic E-state index is -1.19. The third-order valence-corrected chi connectivity index (χ3v) is 7.19. The van der Waals surface area contributed by atoms with Crippen molar-refractivity contribution in [3.63, 3.8) is 0 Å². The van der Waals surface area contributed by atoms with Crippen molar-refractivity contribution in [2.45, 2.75) is 19.4 Å². The first kappa shape index (κ1) is 23.2. The first-order chi connectivity index (χ1) is 17.7. The van der Waals surface area contributed by atoms with Gasteiger partial charge in [0.05, 0.1) is 36.1 Å². The van der Waals surface area contributed by atoms with Crippen LogP contribution in [0.1, 0.15) is 22.9 Å². The largest absolute Gasteiger partial charge is 0.506 e. The quantitative estimate of drug-likeness (QED) is 0.250. The van der Waals surface area contributed by atoms with E-state index in [9.17, 15) is 24.9 Å². The monoisotopic (exact) mass is 521 g/mol. The predicted octanol–water partition coefficient (Wildman–Crippen LogP) is 4.43. The number of benzene rings is 3. The summed E-state index contributed by atoms with van der Waals surface area (Å²) in [5.74, 6) is -0.771. The number of phenolic OH excluding ortho intramolecular Hbond substituents is 2. The normalized spacial score (nSPS) is 14.7. The number of rotatable bonds is 2. The molecule has 0 fully saturated rings. The molecule has 0 radical (unpaired) electrons. The Morgan fingerprint density at radius 1 is 1.00 bits per heavy atom. The highest BCUT2D eigenvalue weighted by Crippen LogP contribution is 2.55. The highest BCUT2D eigenvalue weighted by Gasteiger charge is 2.36. The van der Waals surface area contributed by atoms with Gasteiger partial charge in [-0.25, -0.2) is 0 Å². The van der Waals surface area contributed by atoms with Crippen molar-refractivity contribution >= 4 is 44.3 Å². The minimum absolute atomic E-state index is 0.000656. The molecule has 9 nitrogen and oxygen atoms in total. The number of aromatic amines is 1. The summed E-state index contributed by atoms with van der Waals surface area (Å²) in [7, 11) is 2.71. The summed E-state index contributed by atoms with van der Waals surface area (Å²) in [6.07, 6.45) is -1.14. The molecule has 0 spiro atoms. The van der Waals surface area contributed by atoms with Gasteiger partial charge in [0.25, 0.3) is 5.56 Å². The van der Waals surface area contributed by atoms with Crippen molar-refractivity contribution in [2.24, 2.45) is 0 Å². The Bertz CT molecular complexity index is 1940. The van der Waals surface area contributed by atoms with Gasteiger partial charge in [-0.05, 0) is 42.1 Å². The molecule has 1 atom stereocenters. The second-order valence-electron chi connectivity index (χ2n) is 8.99. The molecule has 4 N–H and O–H groups in total. The lowest BCUT2D eigenvalue weighted by Crippen LogP contribution is -2.16. The Morgan fingerprint density at radius 3 is 2.41 bits per heavy atom. The molecule has 188 valence electrons. The van der Waals surface area contributed by atoms with E-state index in [0.717, 1.165) is 0 Å². The average Bonchev–Trinajstić information content (AvgIpc) is 2.83. The van der Waals surface area contributed by atoms with Crippen LogP contribution in [0, 0.1) is 6.92 Å². The third kappa shape index (κ3) is 3.01. The molecule has 0 aliphatic heterocycles. The maximum absolute atomic E-state index is 13.7. The van der Waals surface area contributed by atoms with Gasteiger partial charge in [-0.1, -0.05) is 11.6 Å². The maximum Gasteiger partial charge on any atom is 0.259 e. The molecule has 0 amide bonds. The summed E-state index contributed by atoms with van der Waals surface area (Å²) in [5.41, 5.74) is 0.152. The summed E-state index contributed by atoms with van der Waals surface area (Å²) in [5, 5.41) is 34.6. The van der Waals surface area contributed by atoms with E-state index in [4.69, 9.17) is 25.5 Å². The third-order valence-electron chi connectivity index (χ3n) is 6.89. The molecule has 10 heteroatoms. The zero-order valence-electron chi connectivity index (χ0n) is 19.9. The fourth-order valence-electron chi connectivity index (χ4n) is 5.40. The zero-order chi connectivity index (χ0) is 26.3. The number of nitrogens with one attached hydrogen (secondary N) is 1. The SMILES string of the molecule is COc1c(Cl)ccc2c(=O)c3c(O)c4c(c(OC)c3oc12)C(O)Cc1cc2cc(C)[nH]c(=O)c2c(O)c1-4. The van der Waals surface area contributed by atoms with E-state index in [1.807, 2.05) is 0 Å². The van der Waals surface area contributed by atoms with Crippen LogP contribution in [-0.4, -0.2) is 34.5 Å². The van der Waals surface area contributed by atoms with Crippen molar-refractivity contribution in [1.29, 1.82) is 0 Å². The van der Waals surface area contributed by atoms with E-state index in [0.29, 0.717) is 16.6 Å². The standard InChI is InChI=1S/C27H20ClNO8/c1-9-6-10-7-11-8-14(30)17-18(15(11)21(32)16(10)27(34)29-9)22(33)19-20(31)12-4-5-13(28)24(35-2)23(12)37-26(19)25(17)36-3/h4-7,14,30,32-33H,8H2,1-3H3,(H,29,34). The second kappa shape index (κ2) is 7.89. The van der Waals surface area contributed by atoms with Crippen LogP contribution >= 0.6 is 11.6 Å². The van der Waals surface area contributed by atoms with E-state index in [2.05, 4.69) is 4.98 Å². The summed E-state index contributed by atoms with van der Waals surface area (Å²) in [6, 6.07) is 6.32. The van der Waals surface area contributed by atoms with Crippen LogP contribution in [0.5, 0.6) is 23.0 Å². The summed E-state index contributed by atoms with van der Waals surface area (Å²) >= 11 is 6.23. The number of methoxy groups -OCH3 is 2. The summed E-state index contributed by atoms with van der Waals surface area (Å²) in [6.45, 7) is 1.72. The molecular weight excluding hydrogens is 502 g/mol. The van der Waals surface area contributed by atoms with Gasteiger partial charge in [0.15, 0.2) is 22.7 Å². The molecule has 0 saturated carbocycles. The van der Waals surface area contributed by atoms with Gasteiger partial charge in [-0.3, -0.25) is 9.59 Å². The lowest BCUT2D eigenvalue weighted by atomic mass is 9.80. The Morgan fingerprint density at radius 2 is 1.70 bits per heavy atom. The van der Waals surface area contributed by atoms with Crippen molar-refractivity contribution in [1.82, 2.24) is 4.98 Å². The van der Waals surface area contributed by atoms with Gasteiger partial charge in [-0.15, -0.1) is 0 Å². The lowest BCUT2D eigenvalue weighted by Gasteiger charge is -2.28. The number of aliphatic hydroxyl groups excluding tert-OH is 1. The molecule has 1 unspecified atom stereocenters. The summed E-state index contributed by atoms with van der Waals surface area (Å²) in [4.78, 5) is 29.1. The van der Waals surface area contributed by atoms with Crippen LogP contribution in [0.15, 0.2) is 38.3 Å². The number of aromatic nitrogens is 1. The molecule has 6 rings (SSSR count). The predicted molar refractivity (Wildman–Crippen MR) is 138 cm³/mol. The van der Waals surface area contributed by atoms with Gasteiger partial charge < -0.3 is 34.2 Å². The Kier molecular flexibility index (Phi) is 4.95. The molecule has 3 aromatic carbocycles. The fraction of sp³-hybridized carbons (Fsp3) is 0.185. The van der Waals surface area contributed by atoms with Crippen molar-refractivity contribution in [2.75, 3.05) is 14.2 Å². The maximum atomic E-state index is 13.7. The van der Waals surface area contributed by atoms with Crippen LogP contribution in [0.3, 0.4) is 0 Å². The van der Waals surface area contributed by atoms with E-state index in [-0.39, 0.29) is 72.7 Å². The van der Waals surface area contributed by atoms with Crippen LogP contribution in [0.25, 0.3) is 43.8 Å². The number of pyridine rings is 1. The van der Waals surface area contributed by atoms with Crippen LogP contribution in [-0.2, 0) is 6.42 Å². The number of fused-ring (bicyclic) bond motifs is 6. The highest BCUT2D eigenvalue weighted by atomic mass is 35.5. The Balaban J connectivity index is 1.84. The van der Waals surface area contributed by atoms with Crippen molar-refractivity contribution < 1.29 is 29.2 Å². The van der Waals surface area contributed by atoms with Crippen molar-refractivity contribution in [3.05, 3.63) is 66.7 Å². The van der Waals surface area contributed by atoms with Crippen molar-refractivity contribution in [3.8, 4) is 34.1 Å². The molecule has 2 aromatic heterocycles. The molecule has 37 heavy (non-hydrogen) atoms. The number of hydrogen-bond donors (Lipinski definition) is 4. The number of aromatic hydroxyl groups is 2. The number of hydrogen-bond acceptors (Lipinski definition) is 8. The zero-order valence-corrected chi connectivity index (χ0v) is 20.6. The van der Waals surface area contributed by atoms with Gasteiger partial charge in [0.1, 0.15) is 16.9 Å². The molecular formula is C27H20ClNO8. The van der Waals surface area contributed by atoms with E-state index < -0.39 is 22.8 Å². The molecule has 5 aromatic rings. The van der Waals surface area contributed by atoms with Gasteiger partial charge in [0.2, 0.25) is 5.43 Å². The number of aryl methyl sites for hydroxylation is 1. The van der Waals surface area contributed by atoms with E-state index in [1.54, 1.807) is 19.1 Å². The van der Waals surface area contributed by atoms with Gasteiger partial charge >= 0.3 is 0 Å². The number of halogens is 1. The minimum Gasteiger partial charge on any atom is -0.506 e. The fourth-order valence-corrected chi connectivity index (χ4v) is 5.62. The molecule has 2 heterocycles. The smallest absolute Gasteiger partial charge is 0.259 e. The van der Waals surface area contributed by atoms with Crippen LogP contribution < -0.4 is 20.5 Å². The molecule has 0 saturated heterocycles. The summed E-state index contributed by atoms with van der Waals surface area (Å²) < 4.78 is 17.0. The topological polar surface area (TPSA) is 142 Å². The van der Waals surface area contributed by atoms with E-state index in [1.165, 1.54) is 26.4 Å². The van der Waals surface area contributed by atoms with Gasteiger partial charge in [-0.2, -0.15) is 0 Å². The Labute approximate surface area is 213 Å². The average molecular weight is 522 g/mol. The second-order valence-corrected chi connectivity index (χ2v) is 9.40. The van der Waals surface area contributed by atoms with Crippen LogP contribution in [0.2, 0.25) is 5.02 Å². The number of aliphatic hydroxyl groups is 1. The molecule has 1 aliphatic rings. The number of ether oxygens (including phenoxy) is 2. The lowest BCUT2D eigenvalue weighted by molar-refractivity contribution is 0.172. The highest BCUT2D eigenvalue weighted by molar-refractivity contribution is 6.33. The van der Waals surface area contributed by atoms with Gasteiger partial charge in [0, 0.05) is 28.8 Å². The van der Waals surface area contributed by atoms with Crippen LogP contribution in [0.4, 0.5) is 0 Å². The first-order valence-corrected chi connectivity index (χ1v) is 11.7. The van der Waals surface area contributed by atoms with E-state index >= 15 is 0 Å². The Hall–Kier alpha value is -4.21. The first-order valence-electron chi connectivity index (χ1n) is 11.3. The molecule has 0 bridgehead atoms. The number of phenols is 2.